The van der Waals surface area contributed by atoms with Crippen LogP contribution in [0.15, 0.2) is 60.7 Å². The molecule has 0 saturated heterocycles. The highest BCUT2D eigenvalue weighted by Gasteiger charge is 2.05. The van der Waals surface area contributed by atoms with Crippen molar-refractivity contribution in [1.82, 2.24) is 0 Å². The van der Waals surface area contributed by atoms with Crippen LogP contribution in [0, 0.1) is 13.8 Å². The lowest BCUT2D eigenvalue weighted by atomic mass is 10.1. The Morgan fingerprint density at radius 3 is 1.39 bits per heavy atom. The molecule has 0 aliphatic carbocycles. The highest BCUT2D eigenvalue weighted by atomic mass is 32.2. The van der Waals surface area contributed by atoms with Gasteiger partial charge in [-0.1, -0.05) is 84.0 Å². The molecule has 2 nitrogen and oxygen atoms in total. The highest BCUT2D eigenvalue weighted by molar-refractivity contribution is 7.91. The minimum atomic E-state index is -3.11. The van der Waals surface area contributed by atoms with E-state index in [1.807, 2.05) is 74.5 Å². The molecule has 120 valence electrons. The van der Waals surface area contributed by atoms with Crippen LogP contribution in [-0.2, 0) is 9.84 Å². The Labute approximate surface area is 139 Å². The maximum atomic E-state index is 12.0. The summed E-state index contributed by atoms with van der Waals surface area (Å²) in [5.41, 5.74) is 4.41. The molecule has 0 unspecified atom stereocenters. The van der Waals surface area contributed by atoms with Crippen LogP contribution in [0.25, 0.3) is 12.2 Å². The van der Waals surface area contributed by atoms with Gasteiger partial charge in [0.05, 0.1) is 11.5 Å². The summed E-state index contributed by atoms with van der Waals surface area (Å²) >= 11 is 0. The first-order valence-electron chi connectivity index (χ1n) is 7.61. The standard InChI is InChI=1S/C20H22O2S/c1-17-7-11-19(12-8-17)5-3-15-23(21,22)16-4-6-20-13-9-18(2)10-14-20/h3-14H,15-16H2,1-2H3. The quantitative estimate of drug-likeness (QED) is 0.786. The second kappa shape index (κ2) is 7.93. The number of aryl methyl sites for hydroxylation is 2. The Hall–Kier alpha value is -2.13. The Balaban J connectivity index is 1.89. The topological polar surface area (TPSA) is 34.1 Å². The molecule has 0 fully saturated rings. The van der Waals surface area contributed by atoms with Gasteiger partial charge in [0.1, 0.15) is 0 Å². The summed E-state index contributed by atoms with van der Waals surface area (Å²) in [7, 11) is -3.11. The van der Waals surface area contributed by atoms with Crippen molar-refractivity contribution in [3.63, 3.8) is 0 Å². The zero-order chi connectivity index (χ0) is 16.7. The van der Waals surface area contributed by atoms with Crippen LogP contribution in [-0.4, -0.2) is 19.9 Å². The fourth-order valence-corrected chi connectivity index (χ4v) is 3.00. The predicted octanol–water partition coefficient (Wildman–Crippen LogP) is 4.44. The first kappa shape index (κ1) is 17.2. The van der Waals surface area contributed by atoms with Crippen molar-refractivity contribution in [1.29, 1.82) is 0 Å². The molecule has 0 radical (unpaired) electrons. The van der Waals surface area contributed by atoms with Gasteiger partial charge in [-0.3, -0.25) is 0 Å². The van der Waals surface area contributed by atoms with E-state index < -0.39 is 9.84 Å². The molecule has 23 heavy (non-hydrogen) atoms. The molecule has 2 rings (SSSR count). The zero-order valence-electron chi connectivity index (χ0n) is 13.6. The SMILES string of the molecule is Cc1ccc(C=CCS(=O)(=O)CC=Cc2ccc(C)cc2)cc1. The van der Waals surface area contributed by atoms with Gasteiger partial charge in [0.25, 0.3) is 0 Å². The lowest BCUT2D eigenvalue weighted by Gasteiger charge is -1.98. The normalized spacial score (nSPS) is 12.3. The number of rotatable bonds is 6. The van der Waals surface area contributed by atoms with E-state index in [4.69, 9.17) is 0 Å². The Bertz CT molecular complexity index is 717. The summed E-state index contributed by atoms with van der Waals surface area (Å²) in [4.78, 5) is 0. The van der Waals surface area contributed by atoms with Gasteiger partial charge in [0.15, 0.2) is 9.84 Å². The van der Waals surface area contributed by atoms with Crippen LogP contribution in [0.3, 0.4) is 0 Å². The molecule has 0 spiro atoms. The molecule has 2 aromatic rings. The van der Waals surface area contributed by atoms with E-state index in [1.165, 1.54) is 11.1 Å². The van der Waals surface area contributed by atoms with E-state index in [1.54, 1.807) is 12.2 Å². The van der Waals surface area contributed by atoms with Crippen LogP contribution < -0.4 is 0 Å². The van der Waals surface area contributed by atoms with Crippen LogP contribution in [0.5, 0.6) is 0 Å². The van der Waals surface area contributed by atoms with Crippen molar-refractivity contribution in [3.8, 4) is 0 Å². The van der Waals surface area contributed by atoms with Gasteiger partial charge in [-0.2, -0.15) is 0 Å². The van der Waals surface area contributed by atoms with Crippen molar-refractivity contribution in [3.05, 3.63) is 82.9 Å². The molecule has 3 heteroatoms. The monoisotopic (exact) mass is 326 g/mol. The van der Waals surface area contributed by atoms with Crippen LogP contribution in [0.2, 0.25) is 0 Å². The molecule has 2 aromatic carbocycles. The summed E-state index contributed by atoms with van der Waals surface area (Å²) in [6.07, 6.45) is 7.11. The average Bonchev–Trinajstić information content (AvgIpc) is 2.51. The third-order valence-electron chi connectivity index (χ3n) is 3.48. The lowest BCUT2D eigenvalue weighted by Crippen LogP contribution is -2.07. The molecule has 0 heterocycles. The third-order valence-corrected chi connectivity index (χ3v) is 4.88. The summed E-state index contributed by atoms with van der Waals surface area (Å²) in [5, 5.41) is 0. The fraction of sp³-hybridized carbons (Fsp3) is 0.200. The largest absolute Gasteiger partial charge is 0.228 e. The van der Waals surface area contributed by atoms with Crippen molar-refractivity contribution < 1.29 is 8.42 Å². The first-order valence-corrected chi connectivity index (χ1v) is 9.44. The first-order chi connectivity index (χ1) is 10.9. The minimum Gasteiger partial charge on any atom is -0.228 e. The molecule has 0 N–H and O–H groups in total. The molecule has 0 aliphatic rings. The van der Waals surface area contributed by atoms with E-state index in [2.05, 4.69) is 0 Å². The number of hydrogen-bond acceptors (Lipinski definition) is 2. The highest BCUT2D eigenvalue weighted by Crippen LogP contribution is 2.07. The number of sulfone groups is 1. The molecule has 0 amide bonds. The zero-order valence-corrected chi connectivity index (χ0v) is 14.4. The van der Waals surface area contributed by atoms with Crippen LogP contribution >= 0.6 is 0 Å². The third kappa shape index (κ3) is 6.25. The molecule has 0 bridgehead atoms. The predicted molar refractivity (Wildman–Crippen MR) is 99.1 cm³/mol. The van der Waals surface area contributed by atoms with Crippen LogP contribution in [0.1, 0.15) is 22.3 Å². The lowest BCUT2D eigenvalue weighted by molar-refractivity contribution is 0.602. The van der Waals surface area contributed by atoms with Gasteiger partial charge >= 0.3 is 0 Å². The molecule has 0 aliphatic heterocycles. The van der Waals surface area contributed by atoms with Gasteiger partial charge < -0.3 is 0 Å². The second-order valence-corrected chi connectivity index (χ2v) is 7.86. The maximum absolute atomic E-state index is 12.0. The summed E-state index contributed by atoms with van der Waals surface area (Å²) in [6.45, 7) is 4.05. The molecular formula is C20H22O2S. The van der Waals surface area contributed by atoms with Crippen molar-refractivity contribution in [2.24, 2.45) is 0 Å². The molecule has 0 aromatic heterocycles. The van der Waals surface area contributed by atoms with Crippen molar-refractivity contribution in [2.45, 2.75) is 13.8 Å². The van der Waals surface area contributed by atoms with Crippen LogP contribution in [0.4, 0.5) is 0 Å². The molecule has 0 atom stereocenters. The fourth-order valence-electron chi connectivity index (χ4n) is 2.08. The van der Waals surface area contributed by atoms with E-state index in [9.17, 15) is 8.42 Å². The molecule has 0 saturated carbocycles. The van der Waals surface area contributed by atoms with Gasteiger partial charge in [-0.25, -0.2) is 8.42 Å². The van der Waals surface area contributed by atoms with E-state index in [0.29, 0.717) is 0 Å². The van der Waals surface area contributed by atoms with Crippen molar-refractivity contribution in [2.75, 3.05) is 11.5 Å². The molecular weight excluding hydrogens is 304 g/mol. The van der Waals surface area contributed by atoms with Gasteiger partial charge in [0.2, 0.25) is 0 Å². The maximum Gasteiger partial charge on any atom is 0.157 e. The van der Waals surface area contributed by atoms with E-state index in [0.717, 1.165) is 11.1 Å². The van der Waals surface area contributed by atoms with Gasteiger partial charge in [0, 0.05) is 0 Å². The summed E-state index contributed by atoms with van der Waals surface area (Å²) in [6, 6.07) is 16.0. The van der Waals surface area contributed by atoms with Gasteiger partial charge in [-0.05, 0) is 25.0 Å². The smallest absolute Gasteiger partial charge is 0.157 e. The summed E-state index contributed by atoms with van der Waals surface area (Å²) in [5.74, 6) is 0.109. The Morgan fingerprint density at radius 2 is 1.04 bits per heavy atom. The minimum absolute atomic E-state index is 0.0547. The van der Waals surface area contributed by atoms with Gasteiger partial charge in [-0.15, -0.1) is 0 Å². The van der Waals surface area contributed by atoms with E-state index in [-0.39, 0.29) is 11.5 Å². The average molecular weight is 326 g/mol. The Morgan fingerprint density at radius 1 is 0.696 bits per heavy atom. The van der Waals surface area contributed by atoms with Crippen molar-refractivity contribution >= 4 is 22.0 Å². The van der Waals surface area contributed by atoms with E-state index >= 15 is 0 Å². The summed E-state index contributed by atoms with van der Waals surface area (Å²) < 4.78 is 24.0. The number of hydrogen-bond donors (Lipinski definition) is 0. The number of benzene rings is 2. The second-order valence-electron chi connectivity index (χ2n) is 5.70. The Kier molecular flexibility index (Phi) is 5.94.